The molecule has 2 saturated heterocycles. The Balaban J connectivity index is 1.51. The van der Waals surface area contributed by atoms with Gasteiger partial charge in [-0.25, -0.2) is 0 Å². The van der Waals surface area contributed by atoms with Gasteiger partial charge >= 0.3 is 0 Å². The highest BCUT2D eigenvalue weighted by atomic mass is 32.1. The zero-order valence-corrected chi connectivity index (χ0v) is 16.1. The van der Waals surface area contributed by atoms with Gasteiger partial charge in [0.05, 0.1) is 12.2 Å². The molecule has 0 radical (unpaired) electrons. The zero-order valence-electron chi connectivity index (χ0n) is 15.3. The van der Waals surface area contributed by atoms with Crippen LogP contribution in [0.15, 0.2) is 17.5 Å². The van der Waals surface area contributed by atoms with Crippen molar-refractivity contribution in [3.63, 3.8) is 0 Å². The Morgan fingerprint density at radius 3 is 2.60 bits per heavy atom. The third-order valence-electron chi connectivity index (χ3n) is 5.32. The highest BCUT2D eigenvalue weighted by Gasteiger charge is 2.36. The molecule has 1 N–H and O–H groups in total. The van der Waals surface area contributed by atoms with Gasteiger partial charge in [-0.05, 0) is 37.6 Å². The molecule has 2 fully saturated rings. The van der Waals surface area contributed by atoms with Gasteiger partial charge in [0, 0.05) is 56.5 Å². The fourth-order valence-electron chi connectivity index (χ4n) is 4.16. The molecule has 25 heavy (non-hydrogen) atoms. The summed E-state index contributed by atoms with van der Waals surface area (Å²) in [6.07, 6.45) is 1.89. The van der Waals surface area contributed by atoms with Gasteiger partial charge < -0.3 is 14.7 Å². The van der Waals surface area contributed by atoms with Crippen LogP contribution in [-0.4, -0.2) is 72.4 Å². The van der Waals surface area contributed by atoms with E-state index in [-0.39, 0.29) is 30.6 Å². The Kier molecular flexibility index (Phi) is 6.49. The van der Waals surface area contributed by atoms with Crippen LogP contribution in [-0.2, 0) is 16.0 Å². The van der Waals surface area contributed by atoms with Crippen LogP contribution in [0.4, 0.5) is 0 Å². The number of morpholine rings is 1. The maximum Gasteiger partial charge on any atom is 0.222 e. The second-order valence-electron chi connectivity index (χ2n) is 7.56. The second kappa shape index (κ2) is 8.62. The fourth-order valence-corrected chi connectivity index (χ4v) is 4.87. The van der Waals surface area contributed by atoms with E-state index < -0.39 is 0 Å². The molecule has 5 nitrogen and oxygen atoms in total. The molecular weight excluding hydrogens is 336 g/mol. The Hall–Kier alpha value is -0.950. The minimum Gasteiger partial charge on any atom is -0.396 e. The van der Waals surface area contributed by atoms with E-state index in [1.807, 2.05) is 11.0 Å². The minimum atomic E-state index is 0.162. The lowest BCUT2D eigenvalue weighted by Gasteiger charge is -2.37. The van der Waals surface area contributed by atoms with Gasteiger partial charge in [-0.3, -0.25) is 9.69 Å². The quantitative estimate of drug-likeness (QED) is 0.835. The summed E-state index contributed by atoms with van der Waals surface area (Å²) in [4.78, 5) is 18.2. The van der Waals surface area contributed by atoms with E-state index in [0.717, 1.165) is 32.6 Å². The number of hydrogen-bond donors (Lipinski definition) is 1. The standard InChI is InChI=1S/C19H30N2O3S/c1-14-8-20(9-15(2)24-14)10-16-11-21(12-17(16)13-22)19(23)6-5-18-4-3-7-25-18/h3-4,7,14-17,22H,5-6,8-13H2,1-2H3/t14-,15+,16-,17-/m1/s1. The number of rotatable bonds is 6. The number of aryl methyl sites for hydroxylation is 1. The normalized spacial score (nSPS) is 30.8. The predicted octanol–water partition coefficient (Wildman–Crippen LogP) is 1.86. The molecule has 1 amide bonds. The number of likely N-dealkylation sites (tertiary alicyclic amines) is 1. The summed E-state index contributed by atoms with van der Waals surface area (Å²) in [7, 11) is 0. The van der Waals surface area contributed by atoms with Gasteiger partial charge in [-0.15, -0.1) is 11.3 Å². The Morgan fingerprint density at radius 2 is 1.96 bits per heavy atom. The molecule has 0 saturated carbocycles. The summed E-state index contributed by atoms with van der Waals surface area (Å²) in [6, 6.07) is 4.12. The average molecular weight is 367 g/mol. The Morgan fingerprint density at radius 1 is 1.24 bits per heavy atom. The zero-order chi connectivity index (χ0) is 17.8. The van der Waals surface area contributed by atoms with Crippen LogP contribution in [0.25, 0.3) is 0 Å². The lowest BCUT2D eigenvalue weighted by Crippen LogP contribution is -2.48. The summed E-state index contributed by atoms with van der Waals surface area (Å²) in [5, 5.41) is 11.8. The van der Waals surface area contributed by atoms with Crippen molar-refractivity contribution in [1.82, 2.24) is 9.80 Å². The molecule has 0 unspecified atom stereocenters. The minimum absolute atomic E-state index is 0.162. The maximum absolute atomic E-state index is 12.6. The molecule has 4 atom stereocenters. The van der Waals surface area contributed by atoms with E-state index in [1.54, 1.807) is 11.3 Å². The first-order valence-electron chi connectivity index (χ1n) is 9.34. The second-order valence-corrected chi connectivity index (χ2v) is 8.59. The van der Waals surface area contributed by atoms with E-state index in [1.165, 1.54) is 4.88 Å². The average Bonchev–Trinajstić information content (AvgIpc) is 3.21. The van der Waals surface area contributed by atoms with Gasteiger partial charge in [0.15, 0.2) is 0 Å². The van der Waals surface area contributed by atoms with Crippen LogP contribution >= 0.6 is 11.3 Å². The number of hydrogen-bond acceptors (Lipinski definition) is 5. The van der Waals surface area contributed by atoms with E-state index in [4.69, 9.17) is 4.74 Å². The summed E-state index contributed by atoms with van der Waals surface area (Å²) in [5.41, 5.74) is 0. The maximum atomic E-state index is 12.6. The third kappa shape index (κ3) is 5.03. The molecule has 0 aliphatic carbocycles. The van der Waals surface area contributed by atoms with Gasteiger partial charge in [0.1, 0.15) is 0 Å². The molecule has 6 heteroatoms. The van der Waals surface area contributed by atoms with Crippen molar-refractivity contribution < 1.29 is 14.6 Å². The Labute approximate surface area is 154 Å². The number of carbonyl (C=O) groups excluding carboxylic acids is 1. The van der Waals surface area contributed by atoms with E-state index in [2.05, 4.69) is 30.2 Å². The third-order valence-corrected chi connectivity index (χ3v) is 6.25. The summed E-state index contributed by atoms with van der Waals surface area (Å²) >= 11 is 1.71. The molecule has 2 aliphatic rings. The van der Waals surface area contributed by atoms with Crippen molar-refractivity contribution in [3.05, 3.63) is 22.4 Å². The monoisotopic (exact) mass is 366 g/mol. The molecule has 3 heterocycles. The van der Waals surface area contributed by atoms with E-state index in [0.29, 0.717) is 18.9 Å². The molecule has 140 valence electrons. The van der Waals surface area contributed by atoms with Gasteiger partial charge in [0.25, 0.3) is 0 Å². The first-order valence-corrected chi connectivity index (χ1v) is 10.2. The number of nitrogens with zero attached hydrogens (tertiary/aromatic N) is 2. The van der Waals surface area contributed by atoms with Crippen LogP contribution in [0.2, 0.25) is 0 Å². The number of thiophene rings is 1. The molecular formula is C19H30N2O3S. The molecule has 1 aromatic heterocycles. The van der Waals surface area contributed by atoms with Crippen LogP contribution < -0.4 is 0 Å². The molecule has 2 aliphatic heterocycles. The highest BCUT2D eigenvalue weighted by molar-refractivity contribution is 7.09. The van der Waals surface area contributed by atoms with Crippen molar-refractivity contribution in [1.29, 1.82) is 0 Å². The smallest absolute Gasteiger partial charge is 0.222 e. The van der Waals surface area contributed by atoms with Gasteiger partial charge in [-0.1, -0.05) is 6.07 Å². The lowest BCUT2D eigenvalue weighted by atomic mass is 9.96. The first-order chi connectivity index (χ1) is 12.0. The number of ether oxygens (including phenoxy) is 1. The SMILES string of the molecule is C[C@@H]1CN(C[C@@H]2CN(C(=O)CCc3cccs3)C[C@@H]2CO)C[C@H](C)O1. The topological polar surface area (TPSA) is 53.0 Å². The van der Waals surface area contributed by atoms with E-state index in [9.17, 15) is 9.90 Å². The van der Waals surface area contributed by atoms with Crippen LogP contribution in [0.5, 0.6) is 0 Å². The highest BCUT2D eigenvalue weighted by Crippen LogP contribution is 2.26. The molecule has 1 aromatic rings. The molecule has 0 bridgehead atoms. The van der Waals surface area contributed by atoms with Crippen molar-refractivity contribution in [2.75, 3.05) is 39.3 Å². The number of aliphatic hydroxyl groups is 1. The number of aliphatic hydroxyl groups excluding tert-OH is 1. The van der Waals surface area contributed by atoms with Crippen LogP contribution in [0.3, 0.4) is 0 Å². The summed E-state index contributed by atoms with van der Waals surface area (Å²) < 4.78 is 5.81. The van der Waals surface area contributed by atoms with Crippen molar-refractivity contribution in [2.24, 2.45) is 11.8 Å². The summed E-state index contributed by atoms with van der Waals surface area (Å²) in [6.45, 7) is 8.67. The molecule has 3 rings (SSSR count). The largest absolute Gasteiger partial charge is 0.396 e. The van der Waals surface area contributed by atoms with Crippen molar-refractivity contribution >= 4 is 17.2 Å². The van der Waals surface area contributed by atoms with Crippen molar-refractivity contribution in [3.8, 4) is 0 Å². The van der Waals surface area contributed by atoms with Gasteiger partial charge in [-0.2, -0.15) is 0 Å². The van der Waals surface area contributed by atoms with Gasteiger partial charge in [0.2, 0.25) is 5.91 Å². The fraction of sp³-hybridized carbons (Fsp3) is 0.737. The predicted molar refractivity (Wildman–Crippen MR) is 99.7 cm³/mol. The lowest BCUT2D eigenvalue weighted by molar-refractivity contribution is -0.130. The van der Waals surface area contributed by atoms with Crippen LogP contribution in [0, 0.1) is 11.8 Å². The number of carbonyl (C=O) groups is 1. The summed E-state index contributed by atoms with van der Waals surface area (Å²) in [5.74, 6) is 0.769. The first kappa shape index (κ1) is 18.8. The number of amides is 1. The van der Waals surface area contributed by atoms with Crippen molar-refractivity contribution in [2.45, 2.75) is 38.9 Å². The Bertz CT molecular complexity index is 541. The van der Waals surface area contributed by atoms with E-state index >= 15 is 0 Å². The molecule has 0 aromatic carbocycles. The molecule has 0 spiro atoms. The van der Waals surface area contributed by atoms with Crippen LogP contribution in [0.1, 0.15) is 25.1 Å².